The number of hydrogen-bond acceptors (Lipinski definition) is 5. The van der Waals surface area contributed by atoms with Gasteiger partial charge in [-0.05, 0) is 43.7 Å². The Kier molecular flexibility index (Phi) is 4.56. The summed E-state index contributed by atoms with van der Waals surface area (Å²) in [6.45, 7) is 3.89. The summed E-state index contributed by atoms with van der Waals surface area (Å²) in [5.74, 6) is -0.585. The molecule has 0 unspecified atom stereocenters. The first-order valence-corrected chi connectivity index (χ1v) is 9.63. The lowest BCUT2D eigenvalue weighted by molar-refractivity contribution is 0.0660. The van der Waals surface area contributed by atoms with E-state index in [1.165, 1.54) is 22.0 Å². The van der Waals surface area contributed by atoms with Crippen molar-refractivity contribution in [1.29, 1.82) is 0 Å². The summed E-state index contributed by atoms with van der Waals surface area (Å²) in [7, 11) is 0. The number of carboxylic acids is 1. The highest BCUT2D eigenvalue weighted by Crippen LogP contribution is 2.31. The van der Waals surface area contributed by atoms with E-state index in [4.69, 9.17) is 26.1 Å². The Balaban J connectivity index is 1.98. The molecule has 0 fully saturated rings. The Hall–Kier alpha value is -2.90. The number of aryl methyl sites for hydroxylation is 2. The zero-order valence-electron chi connectivity index (χ0n) is 15.0. The fourth-order valence-corrected chi connectivity index (χ4v) is 4.30. The minimum atomic E-state index is -1.16. The Morgan fingerprint density at radius 3 is 2.68 bits per heavy atom. The Bertz CT molecular complexity index is 1290. The van der Waals surface area contributed by atoms with Crippen LogP contribution in [0.1, 0.15) is 26.8 Å². The Morgan fingerprint density at radius 2 is 2.00 bits per heavy atom. The summed E-state index contributed by atoms with van der Waals surface area (Å²) in [6.07, 6.45) is 0. The van der Waals surface area contributed by atoms with E-state index >= 15 is 0 Å². The second kappa shape index (κ2) is 6.92. The molecule has 0 bridgehead atoms. The fraction of sp³-hybridized carbons (Fsp3) is 0.150. The molecule has 1 aromatic carbocycles. The van der Waals surface area contributed by atoms with E-state index in [1.807, 2.05) is 19.9 Å². The van der Waals surface area contributed by atoms with E-state index in [0.717, 1.165) is 10.4 Å². The van der Waals surface area contributed by atoms with Gasteiger partial charge in [0.05, 0.1) is 17.0 Å². The summed E-state index contributed by atoms with van der Waals surface area (Å²) in [5.41, 5.74) is 1.30. The van der Waals surface area contributed by atoms with Crippen molar-refractivity contribution in [3.63, 3.8) is 0 Å². The van der Waals surface area contributed by atoms with Crippen LogP contribution >= 0.6 is 22.9 Å². The molecule has 0 aliphatic rings. The summed E-state index contributed by atoms with van der Waals surface area (Å²) in [6, 6.07) is 10.1. The van der Waals surface area contributed by atoms with Crippen LogP contribution < -0.4 is 5.56 Å². The minimum absolute atomic E-state index is 0.0456. The van der Waals surface area contributed by atoms with E-state index in [1.54, 1.807) is 24.3 Å². The highest BCUT2D eigenvalue weighted by atomic mass is 35.5. The number of furan rings is 1. The van der Waals surface area contributed by atoms with Crippen molar-refractivity contribution in [2.45, 2.75) is 20.4 Å². The summed E-state index contributed by atoms with van der Waals surface area (Å²) in [4.78, 5) is 30.8. The van der Waals surface area contributed by atoms with Gasteiger partial charge >= 0.3 is 5.97 Å². The van der Waals surface area contributed by atoms with E-state index < -0.39 is 5.97 Å². The van der Waals surface area contributed by atoms with Crippen LogP contribution in [0.5, 0.6) is 0 Å². The number of fused-ring (bicyclic) bond motifs is 1. The molecule has 0 aliphatic heterocycles. The molecule has 0 spiro atoms. The van der Waals surface area contributed by atoms with Gasteiger partial charge in [0.2, 0.25) is 5.76 Å². The third-order valence-electron chi connectivity index (χ3n) is 4.59. The van der Waals surface area contributed by atoms with Crippen LogP contribution in [0.4, 0.5) is 0 Å². The lowest BCUT2D eigenvalue weighted by Crippen LogP contribution is -2.24. The molecule has 3 aromatic heterocycles. The van der Waals surface area contributed by atoms with Crippen LogP contribution in [0.2, 0.25) is 5.02 Å². The van der Waals surface area contributed by atoms with Gasteiger partial charge in [-0.2, -0.15) is 0 Å². The number of benzene rings is 1. The molecular weight excluding hydrogens is 400 g/mol. The summed E-state index contributed by atoms with van der Waals surface area (Å²) in [5, 5.41) is 10.1. The fourth-order valence-electron chi connectivity index (χ4n) is 3.06. The third-order valence-corrected chi connectivity index (χ3v) is 6.02. The first-order chi connectivity index (χ1) is 13.4. The van der Waals surface area contributed by atoms with Gasteiger partial charge in [0.15, 0.2) is 0 Å². The van der Waals surface area contributed by atoms with Gasteiger partial charge < -0.3 is 9.52 Å². The number of nitrogens with zero attached hydrogens (tertiary/aromatic N) is 2. The topological polar surface area (TPSA) is 85.3 Å². The van der Waals surface area contributed by atoms with E-state index in [9.17, 15) is 9.59 Å². The summed E-state index contributed by atoms with van der Waals surface area (Å²) >= 11 is 7.83. The number of carboxylic acid groups (broad SMARTS) is 1. The number of aromatic nitrogens is 2. The van der Waals surface area contributed by atoms with Crippen molar-refractivity contribution < 1.29 is 14.3 Å². The van der Waals surface area contributed by atoms with E-state index in [0.29, 0.717) is 32.4 Å². The lowest BCUT2D eigenvalue weighted by atomic mass is 10.1. The van der Waals surface area contributed by atoms with E-state index in [-0.39, 0.29) is 17.9 Å². The number of aromatic carboxylic acids is 1. The smallest absolute Gasteiger partial charge is 0.371 e. The van der Waals surface area contributed by atoms with Crippen LogP contribution in [0.3, 0.4) is 0 Å². The van der Waals surface area contributed by atoms with Gasteiger partial charge in [-0.3, -0.25) is 9.36 Å². The van der Waals surface area contributed by atoms with Crippen molar-refractivity contribution in [3.05, 3.63) is 73.7 Å². The van der Waals surface area contributed by atoms with Crippen LogP contribution in [-0.4, -0.2) is 20.6 Å². The predicted octanol–water partition coefficient (Wildman–Crippen LogP) is 4.73. The number of hydrogen-bond donors (Lipinski definition) is 1. The molecule has 4 aromatic rings. The minimum Gasteiger partial charge on any atom is -0.475 e. The Morgan fingerprint density at radius 1 is 1.25 bits per heavy atom. The number of halogens is 1. The molecule has 0 amide bonds. The first kappa shape index (κ1) is 18.5. The highest BCUT2D eigenvalue weighted by Gasteiger charge is 2.20. The second-order valence-corrected chi connectivity index (χ2v) is 7.95. The SMILES string of the molecule is Cc1sc2nc(-c3ccccc3Cl)n(Cc3ccc(C(=O)O)o3)c(=O)c2c1C. The van der Waals surface area contributed by atoms with Crippen molar-refractivity contribution in [3.8, 4) is 11.4 Å². The van der Waals surface area contributed by atoms with Gasteiger partial charge in [0.25, 0.3) is 5.56 Å². The van der Waals surface area contributed by atoms with Gasteiger partial charge in [-0.15, -0.1) is 11.3 Å². The second-order valence-electron chi connectivity index (χ2n) is 6.34. The largest absolute Gasteiger partial charge is 0.475 e. The van der Waals surface area contributed by atoms with Gasteiger partial charge in [0, 0.05) is 10.4 Å². The third kappa shape index (κ3) is 3.02. The predicted molar refractivity (Wildman–Crippen MR) is 109 cm³/mol. The molecule has 0 saturated carbocycles. The lowest BCUT2D eigenvalue weighted by Gasteiger charge is -2.13. The van der Waals surface area contributed by atoms with Crippen molar-refractivity contribution in [2.75, 3.05) is 0 Å². The number of carbonyl (C=O) groups is 1. The maximum absolute atomic E-state index is 13.3. The Labute approximate surface area is 168 Å². The van der Waals surface area contributed by atoms with Gasteiger partial charge in [-0.1, -0.05) is 23.7 Å². The van der Waals surface area contributed by atoms with Gasteiger partial charge in [-0.25, -0.2) is 9.78 Å². The average Bonchev–Trinajstić information content (AvgIpc) is 3.23. The maximum atomic E-state index is 13.3. The quantitative estimate of drug-likeness (QED) is 0.521. The molecule has 1 N–H and O–H groups in total. The molecule has 142 valence electrons. The van der Waals surface area contributed by atoms with Crippen LogP contribution in [-0.2, 0) is 6.54 Å². The van der Waals surface area contributed by atoms with Crippen molar-refractivity contribution in [2.24, 2.45) is 0 Å². The van der Waals surface area contributed by atoms with Crippen molar-refractivity contribution in [1.82, 2.24) is 9.55 Å². The standard InChI is InChI=1S/C20H15ClN2O4S/c1-10-11(2)28-18-16(10)19(24)23(9-12-7-8-15(27-12)20(25)26)17(22-18)13-5-3-4-6-14(13)21/h3-8H,9H2,1-2H3,(H,25,26). The highest BCUT2D eigenvalue weighted by molar-refractivity contribution is 7.18. The number of rotatable bonds is 4. The monoisotopic (exact) mass is 414 g/mol. The van der Waals surface area contributed by atoms with Gasteiger partial charge in [0.1, 0.15) is 16.4 Å². The zero-order chi connectivity index (χ0) is 20.0. The van der Waals surface area contributed by atoms with Crippen molar-refractivity contribution >= 4 is 39.1 Å². The molecule has 0 saturated heterocycles. The molecule has 3 heterocycles. The molecule has 0 aliphatic carbocycles. The van der Waals surface area contributed by atoms with Crippen LogP contribution in [0.15, 0.2) is 45.6 Å². The van der Waals surface area contributed by atoms with Crippen LogP contribution in [0, 0.1) is 13.8 Å². The van der Waals surface area contributed by atoms with Crippen LogP contribution in [0.25, 0.3) is 21.6 Å². The molecule has 28 heavy (non-hydrogen) atoms. The normalized spacial score (nSPS) is 11.2. The number of thiophene rings is 1. The molecule has 6 nitrogen and oxygen atoms in total. The molecule has 0 atom stereocenters. The molecule has 4 rings (SSSR count). The zero-order valence-corrected chi connectivity index (χ0v) is 16.6. The molecule has 0 radical (unpaired) electrons. The molecular formula is C20H15ClN2O4S. The average molecular weight is 415 g/mol. The maximum Gasteiger partial charge on any atom is 0.371 e. The first-order valence-electron chi connectivity index (χ1n) is 8.44. The van der Waals surface area contributed by atoms with E-state index in [2.05, 4.69) is 0 Å². The molecule has 8 heteroatoms. The summed E-state index contributed by atoms with van der Waals surface area (Å²) < 4.78 is 6.83.